The summed E-state index contributed by atoms with van der Waals surface area (Å²) >= 11 is 0. The van der Waals surface area contributed by atoms with Gasteiger partial charge in [0.2, 0.25) is 10.0 Å². The van der Waals surface area contributed by atoms with Crippen LogP contribution in [0.5, 0.6) is 0 Å². The average Bonchev–Trinajstić information content (AvgIpc) is 3.04. The third kappa shape index (κ3) is 4.40. The van der Waals surface area contributed by atoms with Crippen molar-refractivity contribution in [2.45, 2.75) is 31.7 Å². The van der Waals surface area contributed by atoms with E-state index in [4.69, 9.17) is 4.74 Å². The molecule has 1 aliphatic rings. The standard InChI is InChI=1S/C11H17F3N4O3S/c1-21-8-9-6-18(16-15-9)10-2-4-17(7-10)22(19,20)5-3-11(12,13)14/h6,10H,2-5,7-8H2,1H3/t10-/m1/s1. The van der Waals surface area contributed by atoms with Gasteiger partial charge in [0.15, 0.2) is 0 Å². The van der Waals surface area contributed by atoms with Gasteiger partial charge in [0, 0.05) is 20.2 Å². The first kappa shape index (κ1) is 17.2. The molecular weight excluding hydrogens is 325 g/mol. The van der Waals surface area contributed by atoms with Crippen LogP contribution in [-0.2, 0) is 21.4 Å². The summed E-state index contributed by atoms with van der Waals surface area (Å²) in [7, 11) is -2.39. The molecule has 0 saturated carbocycles. The smallest absolute Gasteiger partial charge is 0.378 e. The minimum absolute atomic E-state index is 0.107. The second-order valence-electron chi connectivity index (χ2n) is 5.10. The zero-order chi connectivity index (χ0) is 16.4. The summed E-state index contributed by atoms with van der Waals surface area (Å²) in [5.74, 6) is -0.921. The molecule has 7 nitrogen and oxygen atoms in total. The van der Waals surface area contributed by atoms with Crippen molar-refractivity contribution in [1.82, 2.24) is 19.3 Å². The van der Waals surface area contributed by atoms with E-state index in [2.05, 4.69) is 10.3 Å². The number of methoxy groups -OCH3 is 1. The molecule has 1 fully saturated rings. The molecule has 0 spiro atoms. The van der Waals surface area contributed by atoms with Gasteiger partial charge < -0.3 is 4.74 Å². The Bertz CT molecular complexity index is 602. The van der Waals surface area contributed by atoms with Gasteiger partial charge in [-0.15, -0.1) is 5.10 Å². The van der Waals surface area contributed by atoms with Crippen molar-refractivity contribution < 1.29 is 26.3 Å². The van der Waals surface area contributed by atoms with E-state index in [9.17, 15) is 21.6 Å². The van der Waals surface area contributed by atoms with Crippen molar-refractivity contribution in [1.29, 1.82) is 0 Å². The summed E-state index contributed by atoms with van der Waals surface area (Å²) in [6, 6.07) is -0.223. The van der Waals surface area contributed by atoms with Crippen LogP contribution in [-0.4, -0.2) is 59.8 Å². The SMILES string of the molecule is COCc1cn([C@@H]2CCN(S(=O)(=O)CCC(F)(F)F)C2)nn1. The van der Waals surface area contributed by atoms with Crippen LogP contribution in [0.1, 0.15) is 24.6 Å². The molecule has 0 aromatic carbocycles. The van der Waals surface area contributed by atoms with Crippen molar-refractivity contribution in [2.24, 2.45) is 0 Å². The van der Waals surface area contributed by atoms with Gasteiger partial charge in [0.25, 0.3) is 0 Å². The Hall–Kier alpha value is -1.20. The number of nitrogens with zero attached hydrogens (tertiary/aromatic N) is 4. The maximum atomic E-state index is 12.2. The third-order valence-electron chi connectivity index (χ3n) is 3.39. The third-order valence-corrected chi connectivity index (χ3v) is 5.23. The molecular formula is C11H17F3N4O3S. The van der Waals surface area contributed by atoms with Crippen molar-refractivity contribution >= 4 is 10.0 Å². The molecule has 11 heteroatoms. The Balaban J connectivity index is 1.96. The first-order valence-electron chi connectivity index (χ1n) is 6.65. The van der Waals surface area contributed by atoms with E-state index in [0.29, 0.717) is 18.7 Å². The van der Waals surface area contributed by atoms with Gasteiger partial charge in [-0.05, 0) is 6.42 Å². The molecule has 0 bridgehead atoms. The van der Waals surface area contributed by atoms with Gasteiger partial charge in [-0.2, -0.15) is 17.5 Å². The van der Waals surface area contributed by atoms with Gasteiger partial charge in [0.1, 0.15) is 5.69 Å². The summed E-state index contributed by atoms with van der Waals surface area (Å²) in [6.45, 7) is 0.584. The molecule has 1 atom stereocenters. The van der Waals surface area contributed by atoms with Gasteiger partial charge in [0.05, 0.1) is 31.0 Å². The molecule has 0 radical (unpaired) electrons. The Morgan fingerprint density at radius 1 is 1.45 bits per heavy atom. The van der Waals surface area contributed by atoms with Gasteiger partial charge in [-0.25, -0.2) is 13.1 Å². The van der Waals surface area contributed by atoms with Crippen molar-refractivity contribution in [3.63, 3.8) is 0 Å². The van der Waals surface area contributed by atoms with Crippen LogP contribution >= 0.6 is 0 Å². The maximum Gasteiger partial charge on any atom is 0.390 e. The number of ether oxygens (including phenoxy) is 1. The normalized spacial score (nSPS) is 20.6. The molecule has 22 heavy (non-hydrogen) atoms. The number of hydrogen-bond donors (Lipinski definition) is 0. The van der Waals surface area contributed by atoms with Crippen molar-refractivity contribution in [3.05, 3.63) is 11.9 Å². The number of hydrogen-bond acceptors (Lipinski definition) is 5. The minimum Gasteiger partial charge on any atom is -0.378 e. The zero-order valence-corrected chi connectivity index (χ0v) is 12.8. The van der Waals surface area contributed by atoms with Crippen LogP contribution in [0.15, 0.2) is 6.20 Å². The second-order valence-corrected chi connectivity index (χ2v) is 7.19. The highest BCUT2D eigenvalue weighted by Crippen LogP contribution is 2.26. The van der Waals surface area contributed by atoms with E-state index in [1.807, 2.05) is 0 Å². The summed E-state index contributed by atoms with van der Waals surface area (Å²) in [4.78, 5) is 0. The lowest BCUT2D eigenvalue weighted by Crippen LogP contribution is -2.33. The fourth-order valence-corrected chi connectivity index (χ4v) is 3.79. The van der Waals surface area contributed by atoms with Gasteiger partial charge >= 0.3 is 6.18 Å². The molecule has 2 rings (SSSR count). The Kier molecular flexibility index (Phi) is 5.07. The lowest BCUT2D eigenvalue weighted by atomic mass is 10.3. The van der Waals surface area contributed by atoms with E-state index in [1.54, 1.807) is 6.20 Å². The monoisotopic (exact) mass is 342 g/mol. The minimum atomic E-state index is -4.48. The van der Waals surface area contributed by atoms with Crippen LogP contribution in [0.25, 0.3) is 0 Å². The molecule has 2 heterocycles. The number of aromatic nitrogens is 3. The Morgan fingerprint density at radius 3 is 2.82 bits per heavy atom. The topological polar surface area (TPSA) is 77.3 Å². The molecule has 0 aliphatic carbocycles. The number of sulfonamides is 1. The molecule has 0 amide bonds. The van der Waals surface area contributed by atoms with E-state index < -0.39 is 28.4 Å². The van der Waals surface area contributed by atoms with Crippen LogP contribution < -0.4 is 0 Å². The highest BCUT2D eigenvalue weighted by atomic mass is 32.2. The zero-order valence-electron chi connectivity index (χ0n) is 12.0. The lowest BCUT2D eigenvalue weighted by Gasteiger charge is -2.17. The Labute approximate surface area is 126 Å². The molecule has 0 unspecified atom stereocenters. The molecule has 1 aromatic heterocycles. The van der Waals surface area contributed by atoms with E-state index >= 15 is 0 Å². The molecule has 1 aliphatic heterocycles. The van der Waals surface area contributed by atoms with Crippen molar-refractivity contribution in [2.75, 3.05) is 26.0 Å². The number of halogens is 3. The van der Waals surface area contributed by atoms with E-state index in [-0.39, 0.29) is 19.1 Å². The fraction of sp³-hybridized carbons (Fsp3) is 0.818. The first-order chi connectivity index (χ1) is 10.2. The largest absolute Gasteiger partial charge is 0.390 e. The summed E-state index contributed by atoms with van der Waals surface area (Å²) in [6.07, 6.45) is -3.67. The predicted octanol–water partition coefficient (Wildman–Crippen LogP) is 0.954. The highest BCUT2D eigenvalue weighted by Gasteiger charge is 2.36. The number of alkyl halides is 3. The molecule has 0 N–H and O–H groups in total. The molecule has 1 aromatic rings. The summed E-state index contributed by atoms with van der Waals surface area (Å²) in [5, 5.41) is 7.78. The summed E-state index contributed by atoms with van der Waals surface area (Å²) in [5.41, 5.74) is 0.612. The molecule has 1 saturated heterocycles. The average molecular weight is 342 g/mol. The quantitative estimate of drug-likeness (QED) is 0.769. The van der Waals surface area contributed by atoms with Crippen LogP contribution in [0.3, 0.4) is 0 Å². The fourth-order valence-electron chi connectivity index (χ4n) is 2.26. The molecule has 126 valence electrons. The summed E-state index contributed by atoms with van der Waals surface area (Å²) < 4.78 is 67.9. The van der Waals surface area contributed by atoms with Crippen LogP contribution in [0, 0.1) is 0 Å². The van der Waals surface area contributed by atoms with Crippen molar-refractivity contribution in [3.8, 4) is 0 Å². The van der Waals surface area contributed by atoms with Gasteiger partial charge in [-0.3, -0.25) is 0 Å². The van der Waals surface area contributed by atoms with Crippen LogP contribution in [0.2, 0.25) is 0 Å². The second kappa shape index (κ2) is 6.50. The predicted molar refractivity (Wildman–Crippen MR) is 70.4 cm³/mol. The Morgan fingerprint density at radius 2 is 2.18 bits per heavy atom. The van der Waals surface area contributed by atoms with E-state index in [0.717, 1.165) is 4.31 Å². The lowest BCUT2D eigenvalue weighted by molar-refractivity contribution is -0.130. The first-order valence-corrected chi connectivity index (χ1v) is 8.26. The van der Waals surface area contributed by atoms with E-state index in [1.165, 1.54) is 11.8 Å². The van der Waals surface area contributed by atoms with Crippen LogP contribution in [0.4, 0.5) is 13.2 Å². The highest BCUT2D eigenvalue weighted by molar-refractivity contribution is 7.89. The number of rotatable bonds is 6. The van der Waals surface area contributed by atoms with Gasteiger partial charge in [-0.1, -0.05) is 5.21 Å². The maximum absolute atomic E-state index is 12.2.